The molecule has 0 spiro atoms. The van der Waals surface area contributed by atoms with E-state index in [1.54, 1.807) is 0 Å². The predicted molar refractivity (Wildman–Crippen MR) is 44.2 cm³/mol. The van der Waals surface area contributed by atoms with Crippen LogP contribution in [0.1, 0.15) is 12.8 Å². The van der Waals surface area contributed by atoms with Gasteiger partial charge in [-0.1, -0.05) is 0 Å². The molecule has 66 valence electrons. The van der Waals surface area contributed by atoms with Gasteiger partial charge in [0.1, 0.15) is 18.9 Å². The Morgan fingerprint density at radius 3 is 2.36 bits per heavy atom. The van der Waals surface area contributed by atoms with Crippen molar-refractivity contribution in [1.82, 2.24) is 0 Å². The number of nitrogens with zero attached hydrogens (tertiary/aromatic N) is 1. The molecular formula is C8H18NO2+. The van der Waals surface area contributed by atoms with E-state index in [1.807, 2.05) is 21.1 Å². The third-order valence-electron chi connectivity index (χ3n) is 1.38. The Balaban J connectivity index is 3.51. The second kappa shape index (κ2) is 4.46. The molecule has 1 N–H and O–H groups in total. The molecule has 0 aliphatic heterocycles. The molecule has 0 saturated carbocycles. The lowest BCUT2D eigenvalue weighted by atomic mass is 10.2. The minimum absolute atomic E-state index is 0.347. The van der Waals surface area contributed by atoms with Crippen LogP contribution < -0.4 is 0 Å². The molecule has 0 aromatic carbocycles. The lowest BCUT2D eigenvalue weighted by Gasteiger charge is -2.26. The molecule has 0 amide bonds. The third kappa shape index (κ3) is 7.49. The van der Waals surface area contributed by atoms with Gasteiger partial charge in [-0.2, -0.15) is 0 Å². The summed E-state index contributed by atoms with van der Waals surface area (Å²) in [5.74, 6) is 0. The van der Waals surface area contributed by atoms with Crippen LogP contribution in [-0.2, 0) is 4.79 Å². The summed E-state index contributed by atoms with van der Waals surface area (Å²) < 4.78 is 0.736. The maximum atomic E-state index is 9.96. The summed E-state index contributed by atoms with van der Waals surface area (Å²) in [6.45, 7) is 0.702. The standard InChI is InChI=1S/C8H18NO2/c1-9(2,3)7-8(11)5-4-6-10/h6,8,11H,4-5,7H2,1-3H3/q+1. The van der Waals surface area contributed by atoms with Gasteiger partial charge in [-0.25, -0.2) is 0 Å². The molecule has 0 rings (SSSR count). The van der Waals surface area contributed by atoms with Crippen molar-refractivity contribution in [1.29, 1.82) is 0 Å². The monoisotopic (exact) mass is 160 g/mol. The zero-order chi connectivity index (χ0) is 8.91. The van der Waals surface area contributed by atoms with Crippen LogP contribution in [-0.4, -0.2) is 49.7 Å². The first-order valence-electron chi connectivity index (χ1n) is 3.88. The maximum absolute atomic E-state index is 9.96. The molecule has 1 unspecified atom stereocenters. The van der Waals surface area contributed by atoms with Crippen molar-refractivity contribution in [2.75, 3.05) is 27.7 Å². The van der Waals surface area contributed by atoms with Gasteiger partial charge in [0, 0.05) is 6.42 Å². The molecule has 3 heteroatoms. The van der Waals surface area contributed by atoms with Crippen molar-refractivity contribution in [3.63, 3.8) is 0 Å². The van der Waals surface area contributed by atoms with Gasteiger partial charge < -0.3 is 14.4 Å². The zero-order valence-electron chi connectivity index (χ0n) is 7.58. The maximum Gasteiger partial charge on any atom is 0.120 e. The van der Waals surface area contributed by atoms with Crippen LogP contribution in [0.5, 0.6) is 0 Å². The molecule has 11 heavy (non-hydrogen) atoms. The van der Waals surface area contributed by atoms with Crippen LogP contribution in [0.4, 0.5) is 0 Å². The SMILES string of the molecule is C[N+](C)(C)CC(O)CCC=O. The Morgan fingerprint density at radius 1 is 1.45 bits per heavy atom. The number of carbonyl (C=O) groups excluding carboxylic acids is 1. The van der Waals surface area contributed by atoms with Gasteiger partial charge >= 0.3 is 0 Å². The normalized spacial score (nSPS) is 14.5. The lowest BCUT2D eigenvalue weighted by molar-refractivity contribution is -0.873. The molecule has 3 nitrogen and oxygen atoms in total. The number of hydrogen-bond acceptors (Lipinski definition) is 2. The highest BCUT2D eigenvalue weighted by Gasteiger charge is 2.14. The highest BCUT2D eigenvalue weighted by molar-refractivity contribution is 5.49. The summed E-state index contributed by atoms with van der Waals surface area (Å²) in [5, 5.41) is 9.34. The van der Waals surface area contributed by atoms with Crippen LogP contribution in [0.25, 0.3) is 0 Å². The summed E-state index contributed by atoms with van der Waals surface area (Å²) in [6.07, 6.45) is 1.54. The average Bonchev–Trinajstić information content (AvgIpc) is 1.79. The van der Waals surface area contributed by atoms with Gasteiger partial charge in [0.25, 0.3) is 0 Å². The molecule has 0 fully saturated rings. The molecule has 0 saturated heterocycles. The summed E-state index contributed by atoms with van der Waals surface area (Å²) in [6, 6.07) is 0. The second-order valence-corrected chi connectivity index (χ2v) is 3.87. The van der Waals surface area contributed by atoms with Crippen molar-refractivity contribution in [3.05, 3.63) is 0 Å². The smallest absolute Gasteiger partial charge is 0.120 e. The predicted octanol–water partition coefficient (Wildman–Crippen LogP) is 0.0326. The van der Waals surface area contributed by atoms with E-state index in [1.165, 1.54) is 0 Å². The van der Waals surface area contributed by atoms with Crippen molar-refractivity contribution >= 4 is 6.29 Å². The van der Waals surface area contributed by atoms with E-state index in [2.05, 4.69) is 0 Å². The first-order chi connectivity index (χ1) is 4.95. The van der Waals surface area contributed by atoms with Crippen molar-refractivity contribution < 1.29 is 14.4 Å². The summed E-state index contributed by atoms with van der Waals surface area (Å²) in [4.78, 5) is 9.96. The largest absolute Gasteiger partial charge is 0.387 e. The third-order valence-corrected chi connectivity index (χ3v) is 1.38. The number of aldehydes is 1. The van der Waals surface area contributed by atoms with E-state index in [0.29, 0.717) is 19.4 Å². The first-order valence-corrected chi connectivity index (χ1v) is 3.88. The van der Waals surface area contributed by atoms with Crippen molar-refractivity contribution in [2.45, 2.75) is 18.9 Å². The van der Waals surface area contributed by atoms with E-state index >= 15 is 0 Å². The molecule has 0 heterocycles. The van der Waals surface area contributed by atoms with Gasteiger partial charge in [-0.05, 0) is 6.42 Å². The molecule has 0 aliphatic carbocycles. The Labute approximate surface area is 68.2 Å². The van der Waals surface area contributed by atoms with Crippen molar-refractivity contribution in [3.8, 4) is 0 Å². The summed E-state index contributed by atoms with van der Waals surface area (Å²) in [7, 11) is 6.05. The van der Waals surface area contributed by atoms with Crippen LogP contribution >= 0.6 is 0 Å². The fraction of sp³-hybridized carbons (Fsp3) is 0.875. The van der Waals surface area contributed by atoms with Gasteiger partial charge in [-0.3, -0.25) is 0 Å². The quantitative estimate of drug-likeness (QED) is 0.455. The highest BCUT2D eigenvalue weighted by atomic mass is 16.3. The molecule has 0 aromatic rings. The number of rotatable bonds is 5. The van der Waals surface area contributed by atoms with E-state index < -0.39 is 0 Å². The Kier molecular flexibility index (Phi) is 4.30. The molecule has 0 aliphatic rings. The minimum atomic E-state index is -0.347. The van der Waals surface area contributed by atoms with Gasteiger partial charge in [0.2, 0.25) is 0 Å². The Hall–Kier alpha value is -0.410. The van der Waals surface area contributed by atoms with E-state index in [9.17, 15) is 9.90 Å². The molecule has 1 atom stereocenters. The van der Waals surface area contributed by atoms with Crippen LogP contribution in [0.15, 0.2) is 0 Å². The molecule has 0 bridgehead atoms. The second-order valence-electron chi connectivity index (χ2n) is 3.87. The minimum Gasteiger partial charge on any atom is -0.387 e. The van der Waals surface area contributed by atoms with Gasteiger partial charge in [0.05, 0.1) is 21.1 Å². The number of quaternary nitrogens is 1. The topological polar surface area (TPSA) is 37.3 Å². The lowest BCUT2D eigenvalue weighted by Crippen LogP contribution is -2.41. The first kappa shape index (κ1) is 10.6. The van der Waals surface area contributed by atoms with Crippen molar-refractivity contribution in [2.24, 2.45) is 0 Å². The number of hydrogen-bond donors (Lipinski definition) is 1. The number of aliphatic hydroxyl groups excluding tert-OH is 1. The van der Waals surface area contributed by atoms with Crippen LogP contribution in [0, 0.1) is 0 Å². The molecule has 0 radical (unpaired) electrons. The van der Waals surface area contributed by atoms with E-state index in [-0.39, 0.29) is 6.10 Å². The number of carbonyl (C=O) groups is 1. The highest BCUT2D eigenvalue weighted by Crippen LogP contribution is 2.00. The van der Waals surface area contributed by atoms with Crippen LogP contribution in [0.2, 0.25) is 0 Å². The zero-order valence-corrected chi connectivity index (χ0v) is 7.58. The fourth-order valence-electron chi connectivity index (χ4n) is 0.984. The summed E-state index contributed by atoms with van der Waals surface area (Å²) in [5.41, 5.74) is 0. The van der Waals surface area contributed by atoms with Gasteiger partial charge in [0.15, 0.2) is 0 Å². The Bertz CT molecular complexity index is 118. The fourth-order valence-corrected chi connectivity index (χ4v) is 0.984. The number of aliphatic hydroxyl groups is 1. The Morgan fingerprint density at radius 2 is 2.00 bits per heavy atom. The summed E-state index contributed by atoms with van der Waals surface area (Å²) >= 11 is 0. The van der Waals surface area contributed by atoms with E-state index in [0.717, 1.165) is 10.8 Å². The molecular weight excluding hydrogens is 142 g/mol. The van der Waals surface area contributed by atoms with Gasteiger partial charge in [-0.15, -0.1) is 0 Å². The average molecular weight is 160 g/mol. The van der Waals surface area contributed by atoms with E-state index in [4.69, 9.17) is 0 Å². The molecule has 0 aromatic heterocycles. The number of likely N-dealkylation sites (N-methyl/N-ethyl adjacent to an activating group) is 1. The van der Waals surface area contributed by atoms with Crippen LogP contribution in [0.3, 0.4) is 0 Å².